The summed E-state index contributed by atoms with van der Waals surface area (Å²) in [5.41, 5.74) is 45.2. The monoisotopic (exact) mass is 1850 g/mol. The number of phenols is 1. The van der Waals surface area contributed by atoms with Crippen LogP contribution in [0.5, 0.6) is 40.5 Å². The van der Waals surface area contributed by atoms with E-state index in [0.29, 0.717) is 84.8 Å². The van der Waals surface area contributed by atoms with Gasteiger partial charge in [0.05, 0.1) is 43.7 Å². The van der Waals surface area contributed by atoms with Gasteiger partial charge in [0.25, 0.3) is 0 Å². The highest BCUT2D eigenvalue weighted by molar-refractivity contribution is 7.99. The first kappa shape index (κ1) is 101. The minimum atomic E-state index is -1.42. The Balaban J connectivity index is 0.796. The first-order valence-electron chi connectivity index (χ1n) is 43.2. The molecule has 9 rings (SSSR count). The van der Waals surface area contributed by atoms with Crippen LogP contribution in [0.3, 0.4) is 0 Å². The summed E-state index contributed by atoms with van der Waals surface area (Å²) in [6.07, 6.45) is 5.80. The number of aromatic nitrogens is 2. The van der Waals surface area contributed by atoms with Crippen molar-refractivity contribution in [3.05, 3.63) is 107 Å². The second-order valence-corrected chi connectivity index (χ2v) is 33.8. The fraction of sp³-hybridized carbons (Fsp3) is 0.500. The molecule has 4 heterocycles. The van der Waals surface area contributed by atoms with E-state index in [1.807, 2.05) is 30.3 Å². The van der Waals surface area contributed by atoms with Gasteiger partial charge in [-0.1, -0.05) is 18.2 Å². The number of hydrogen-bond donors (Lipinski definition) is 25. The van der Waals surface area contributed by atoms with E-state index < -0.39 is 137 Å². The number of H-pyrrole nitrogens is 1. The minimum Gasteiger partial charge on any atom is -0.502 e. The van der Waals surface area contributed by atoms with Crippen LogP contribution in [0, 0.1) is 22.7 Å². The number of thioether (sulfide) groups is 2. The van der Waals surface area contributed by atoms with Crippen LogP contribution in [-0.2, 0) is 70.4 Å². The van der Waals surface area contributed by atoms with E-state index in [4.69, 9.17) is 74.6 Å². The number of benzene rings is 4. The number of phenolic OH excluding ortho intramolecular Hbond substituents is 1. The molecule has 44 heteroatoms. The zero-order valence-electron chi connectivity index (χ0n) is 73.0. The maximum Gasteiger partial charge on any atom is 0.310 e. The number of methoxy groups -OCH3 is 2. The number of para-hydroxylation sites is 1. The molecule has 130 heavy (non-hydrogen) atoms. The van der Waals surface area contributed by atoms with Crippen LogP contribution in [0.4, 0.5) is 11.4 Å². The zero-order chi connectivity index (χ0) is 94.1. The van der Waals surface area contributed by atoms with Gasteiger partial charge in [-0.15, -0.1) is 11.8 Å². The number of aromatic hydroxyl groups is 3. The largest absolute Gasteiger partial charge is 0.502 e. The fourth-order valence-electron chi connectivity index (χ4n) is 15.7. The zero-order valence-corrected chi connectivity index (χ0v) is 74.6. The van der Waals surface area contributed by atoms with Gasteiger partial charge in [-0.25, -0.2) is 0 Å². The van der Waals surface area contributed by atoms with Crippen molar-refractivity contribution in [2.75, 3.05) is 95.3 Å². The molecule has 42 nitrogen and oxygen atoms in total. The Morgan fingerprint density at radius 2 is 1.08 bits per heavy atom. The molecule has 1 saturated heterocycles. The molecule has 10 amide bonds. The van der Waals surface area contributed by atoms with Crippen LogP contribution in [0.15, 0.2) is 90.0 Å². The smallest absolute Gasteiger partial charge is 0.310 e. The Labute approximate surface area is 760 Å². The SMILES string of the molecule is COc1cc(C2c3cc4c(cc3C(Nc3ccc(NC(=O)CCn5c(O)cc(SC[C@H](N)C(=O)NCCC(=O)N[C@@H](CCCNC(=N)N)C(=O)N[C@@H](CCCNC(=N)N)C(=O)N[C@@H](CCSC)C(=O)N[C@@H](CCCCN)C(=O)N[C@@H](Cc6c[nH]c7ccccc67)C(=O)N[C@@H](CCCCN)C(=O)N[C@@H](CCCCN)C(N)=O)c5O)cc3)[C@H]3COC(=O)[C@H]23)OCO4)cc(OC)c1O. The number of nitrogens with zero attached hydrogens (tertiary/aromatic N) is 1. The molecule has 4 aromatic carbocycles. The molecular weight excluding hydrogens is 1720 g/mol. The van der Waals surface area contributed by atoms with Crippen molar-refractivity contribution >= 4 is 123 Å². The summed E-state index contributed by atoms with van der Waals surface area (Å²) < 4.78 is 29.5. The van der Waals surface area contributed by atoms with E-state index in [1.54, 1.807) is 54.9 Å². The first-order valence-corrected chi connectivity index (χ1v) is 45.6. The number of aromatic amines is 1. The number of hydrogen-bond acceptors (Lipinski definition) is 28. The quantitative estimate of drug-likeness (QED) is 0.00820. The predicted molar refractivity (Wildman–Crippen MR) is 488 cm³/mol. The molecule has 2 aromatic heterocycles. The summed E-state index contributed by atoms with van der Waals surface area (Å²) in [5, 5.41) is 82.7. The second kappa shape index (κ2) is 50.3. The number of amides is 10. The summed E-state index contributed by atoms with van der Waals surface area (Å²) in [6.45, 7) is 0.648. The first-order chi connectivity index (χ1) is 62.5. The highest BCUT2D eigenvalue weighted by Crippen LogP contribution is 2.56. The van der Waals surface area contributed by atoms with Crippen LogP contribution in [0.1, 0.15) is 137 Å². The van der Waals surface area contributed by atoms with Gasteiger partial charge in [0.1, 0.15) is 42.3 Å². The molecule has 0 bridgehead atoms. The molecule has 1 aliphatic carbocycles. The number of ether oxygens (including phenoxy) is 5. The van der Waals surface area contributed by atoms with E-state index >= 15 is 0 Å². The van der Waals surface area contributed by atoms with Gasteiger partial charge in [0.2, 0.25) is 77.5 Å². The van der Waals surface area contributed by atoms with Crippen molar-refractivity contribution in [1.29, 1.82) is 10.8 Å². The van der Waals surface area contributed by atoms with Crippen LogP contribution in [0.2, 0.25) is 0 Å². The summed E-state index contributed by atoms with van der Waals surface area (Å²) in [5.74, 6) is -9.72. The number of fused-ring (bicyclic) bond motifs is 4. The topological polar surface area (TPSA) is 690 Å². The standard InChI is InChI=1S/C86H123N23O19S2/c1-124-65-37-46(38-66(125-2)74(65)113)71-51-39-63-64(128-45-127-63)40-52(51)73(53-43-126-84(123)72(53)71)101-49-23-21-48(22-24-49)100-69(111)26-34-109-70(112)41-67(83(109)122)130-44-54(90)76(115)96-33-25-68(110)102-57(19-12-31-97-85(92)93)77(116)105-60(20-13-32-98-86(94)95)79(118)107-61(27-35-129-3)81(120)104-59(18-8-11-30-89)80(119)108-62(36-47-42-99-55-15-5-4-14-50(47)55)82(121)106-58(17-7-10-29-88)78(117)103-56(75(91)114)16-6-9-28-87/h4-5,14-15,21-24,37-42,53-54,56-62,71-73,99,101,112-113,122H,6-13,16-20,25-36,43-45,87-90H2,1-3H3,(H2,91,114)(H,96,115)(H,100,111)(H,102,110)(H,103,117)(H,104,120)(H,105,116)(H,106,121)(H,107,118)(H,108,119)(H4,92,93,97)(H4,94,95,98)/t53-,54-,56-,57-,58-,59-,60-,61-,62-,71?,72-,73?/m0/s1. The van der Waals surface area contributed by atoms with Crippen molar-refractivity contribution in [2.24, 2.45) is 52.0 Å². The Morgan fingerprint density at radius 3 is 1.63 bits per heavy atom. The third-order valence-electron chi connectivity index (χ3n) is 22.5. The molecule has 0 saturated carbocycles. The second-order valence-electron chi connectivity index (χ2n) is 31.8. The summed E-state index contributed by atoms with van der Waals surface area (Å²) >= 11 is 2.28. The predicted octanol–water partition coefficient (Wildman–Crippen LogP) is 0.663. The van der Waals surface area contributed by atoms with Gasteiger partial charge in [-0.05, 0) is 198 Å². The van der Waals surface area contributed by atoms with Crippen molar-refractivity contribution < 1.29 is 91.7 Å². The number of unbranched alkanes of at least 4 members (excludes halogenated alkanes) is 3. The highest BCUT2D eigenvalue weighted by Gasteiger charge is 2.53. The van der Waals surface area contributed by atoms with E-state index in [9.17, 15) is 68.1 Å². The molecule has 1 fully saturated rings. The van der Waals surface area contributed by atoms with Crippen molar-refractivity contribution in [3.63, 3.8) is 0 Å². The number of guanidine groups is 2. The lowest BCUT2D eigenvalue weighted by Gasteiger charge is -2.40. The molecule has 32 N–H and O–H groups in total. The van der Waals surface area contributed by atoms with E-state index in [-0.39, 0.29) is 175 Å². The lowest BCUT2D eigenvalue weighted by atomic mass is 9.65. The number of cyclic esters (lactones) is 1. The normalized spacial score (nSPS) is 16.5. The summed E-state index contributed by atoms with van der Waals surface area (Å²) in [6, 6.07) is 11.6. The molecular formula is C86H123N23O19S2. The fourth-order valence-corrected chi connectivity index (χ4v) is 17.1. The Hall–Kier alpha value is -12.7. The molecule has 12 atom stereocenters. The molecule has 2 unspecified atom stereocenters. The number of anilines is 2. The van der Waals surface area contributed by atoms with Crippen LogP contribution < -0.4 is 123 Å². The van der Waals surface area contributed by atoms with Gasteiger partial charge in [0, 0.05) is 97.6 Å². The van der Waals surface area contributed by atoms with Gasteiger partial charge >= 0.3 is 5.97 Å². The molecule has 3 aliphatic rings. The van der Waals surface area contributed by atoms with Gasteiger partial charge in [-0.3, -0.25) is 68.1 Å². The van der Waals surface area contributed by atoms with Gasteiger partial charge in [0.15, 0.2) is 40.8 Å². The third-order valence-corrected chi connectivity index (χ3v) is 24.3. The van der Waals surface area contributed by atoms with Crippen molar-refractivity contribution in [3.8, 4) is 40.5 Å². The number of carbonyl (C=O) groups excluding carboxylic acids is 11. The number of carbonyl (C=O) groups is 11. The molecule has 2 aliphatic heterocycles. The van der Waals surface area contributed by atoms with Crippen molar-refractivity contribution in [2.45, 2.75) is 181 Å². The Morgan fingerprint density at radius 1 is 0.577 bits per heavy atom. The molecule has 6 aromatic rings. The number of primary amides is 1. The van der Waals surface area contributed by atoms with Gasteiger partial charge in [-0.2, -0.15) is 11.8 Å². The Kier molecular flexibility index (Phi) is 39.2. The Bertz CT molecular complexity index is 4900. The number of esters is 1. The van der Waals surface area contributed by atoms with Crippen LogP contribution in [-0.4, -0.2) is 235 Å². The third kappa shape index (κ3) is 28.7. The van der Waals surface area contributed by atoms with Crippen LogP contribution in [0.25, 0.3) is 10.9 Å². The van der Waals surface area contributed by atoms with Crippen molar-refractivity contribution in [1.82, 2.24) is 62.7 Å². The van der Waals surface area contributed by atoms with E-state index in [2.05, 4.69) is 68.8 Å². The molecule has 708 valence electrons. The number of nitrogens with two attached hydrogens (primary N) is 7. The highest BCUT2D eigenvalue weighted by atomic mass is 32.2. The lowest BCUT2D eigenvalue weighted by molar-refractivity contribution is -0.141. The molecule has 0 radical (unpaired) electrons. The maximum absolute atomic E-state index is 14.9. The number of rotatable bonds is 55. The minimum absolute atomic E-state index is 0.00219. The average molecular weight is 1850 g/mol. The van der Waals surface area contributed by atoms with E-state index in [1.165, 1.54) is 32.0 Å². The maximum atomic E-state index is 14.9. The number of nitrogens with one attached hydrogen (secondary N) is 15. The lowest BCUT2D eigenvalue weighted by Crippen LogP contribution is -2.60. The summed E-state index contributed by atoms with van der Waals surface area (Å²) in [7, 11) is 2.84. The van der Waals surface area contributed by atoms with E-state index in [0.717, 1.165) is 38.4 Å². The van der Waals surface area contributed by atoms with Crippen LogP contribution >= 0.6 is 23.5 Å². The molecule has 0 spiro atoms. The summed E-state index contributed by atoms with van der Waals surface area (Å²) in [4.78, 5) is 158. The average Bonchev–Trinajstić information content (AvgIpc) is 1.48. The van der Waals surface area contributed by atoms with Gasteiger partial charge < -0.3 is 148 Å².